The SMILES string of the molecule is Cc1c(-c2nc(Cc3ccccc3)no2)[nH]c2cc3c([nH]c4ccccc43)c(C)c12. The number of benzene rings is 3. The lowest BCUT2D eigenvalue weighted by molar-refractivity contribution is 0.422. The molecule has 0 bridgehead atoms. The normalized spacial score (nSPS) is 11.8. The predicted octanol–water partition coefficient (Wildman–Crippen LogP) is 6.06. The second-order valence-electron chi connectivity index (χ2n) is 7.82. The highest BCUT2D eigenvalue weighted by Crippen LogP contribution is 2.37. The monoisotopic (exact) mass is 392 g/mol. The molecule has 0 unspecified atom stereocenters. The predicted molar refractivity (Wildman–Crippen MR) is 120 cm³/mol. The Kier molecular flexibility index (Phi) is 3.59. The summed E-state index contributed by atoms with van der Waals surface area (Å²) >= 11 is 0. The minimum absolute atomic E-state index is 0.530. The van der Waals surface area contributed by atoms with Crippen LogP contribution in [-0.2, 0) is 6.42 Å². The Bertz CT molecular complexity index is 1540. The van der Waals surface area contributed by atoms with Crippen LogP contribution in [0.5, 0.6) is 0 Å². The lowest BCUT2D eigenvalue weighted by Crippen LogP contribution is -1.90. The van der Waals surface area contributed by atoms with Crippen LogP contribution >= 0.6 is 0 Å². The highest BCUT2D eigenvalue weighted by molar-refractivity contribution is 6.14. The summed E-state index contributed by atoms with van der Waals surface area (Å²) in [5, 5.41) is 7.85. The number of para-hydroxylation sites is 1. The van der Waals surface area contributed by atoms with Crippen molar-refractivity contribution in [3.8, 4) is 11.6 Å². The number of fused-ring (bicyclic) bond motifs is 4. The van der Waals surface area contributed by atoms with Crippen LogP contribution in [0.25, 0.3) is 44.3 Å². The van der Waals surface area contributed by atoms with Gasteiger partial charge in [0.1, 0.15) is 5.69 Å². The van der Waals surface area contributed by atoms with Crippen LogP contribution < -0.4 is 0 Å². The molecule has 146 valence electrons. The van der Waals surface area contributed by atoms with Crippen molar-refractivity contribution in [2.75, 3.05) is 0 Å². The second kappa shape index (κ2) is 6.32. The molecule has 0 saturated carbocycles. The van der Waals surface area contributed by atoms with Gasteiger partial charge < -0.3 is 14.5 Å². The molecule has 3 heterocycles. The zero-order valence-corrected chi connectivity index (χ0v) is 16.8. The number of hydrogen-bond acceptors (Lipinski definition) is 3. The van der Waals surface area contributed by atoms with Crippen molar-refractivity contribution >= 4 is 32.7 Å². The van der Waals surface area contributed by atoms with E-state index in [1.165, 1.54) is 27.2 Å². The highest BCUT2D eigenvalue weighted by Gasteiger charge is 2.19. The third kappa shape index (κ3) is 2.48. The van der Waals surface area contributed by atoms with Crippen molar-refractivity contribution in [3.05, 3.63) is 83.2 Å². The molecule has 0 fully saturated rings. The molecule has 0 aliphatic rings. The van der Waals surface area contributed by atoms with Crippen LogP contribution in [0.15, 0.2) is 65.2 Å². The number of nitrogens with zero attached hydrogens (tertiary/aromatic N) is 2. The standard InChI is InChI=1S/C25H20N4O/c1-14-22-15(2)24(25-28-21(29-30-25)12-16-8-4-3-5-9-16)27-20(22)13-18-17-10-6-7-11-19(17)26-23(14)18/h3-11,13,26-27H,12H2,1-2H3. The average Bonchev–Trinajstić information content (AvgIpc) is 3.45. The zero-order valence-electron chi connectivity index (χ0n) is 16.8. The van der Waals surface area contributed by atoms with E-state index in [9.17, 15) is 0 Å². The Hall–Kier alpha value is -3.86. The van der Waals surface area contributed by atoms with Crippen molar-refractivity contribution in [3.63, 3.8) is 0 Å². The minimum atomic E-state index is 0.530. The number of rotatable bonds is 3. The van der Waals surface area contributed by atoms with E-state index in [1.807, 2.05) is 18.2 Å². The van der Waals surface area contributed by atoms with E-state index in [0.29, 0.717) is 18.1 Å². The number of aromatic amines is 2. The summed E-state index contributed by atoms with van der Waals surface area (Å²) in [5.41, 5.74) is 7.81. The summed E-state index contributed by atoms with van der Waals surface area (Å²) in [6.45, 7) is 4.27. The molecule has 0 atom stereocenters. The first-order valence-corrected chi connectivity index (χ1v) is 10.1. The molecule has 0 spiro atoms. The smallest absolute Gasteiger partial charge is 0.274 e. The second-order valence-corrected chi connectivity index (χ2v) is 7.82. The van der Waals surface area contributed by atoms with E-state index in [0.717, 1.165) is 27.9 Å². The molecule has 0 aliphatic heterocycles. The molecule has 6 aromatic rings. The lowest BCUT2D eigenvalue weighted by Gasteiger charge is -2.01. The zero-order chi connectivity index (χ0) is 20.2. The summed E-state index contributed by atoms with van der Waals surface area (Å²) in [6, 6.07) is 20.8. The van der Waals surface area contributed by atoms with Crippen LogP contribution in [0, 0.1) is 13.8 Å². The van der Waals surface area contributed by atoms with Gasteiger partial charge in [-0.05, 0) is 42.7 Å². The van der Waals surface area contributed by atoms with Crippen LogP contribution in [0.1, 0.15) is 22.5 Å². The number of aromatic nitrogens is 4. The highest BCUT2D eigenvalue weighted by atomic mass is 16.5. The number of H-pyrrole nitrogens is 2. The third-order valence-corrected chi connectivity index (χ3v) is 5.95. The topological polar surface area (TPSA) is 70.5 Å². The van der Waals surface area contributed by atoms with Gasteiger partial charge in [0, 0.05) is 33.6 Å². The average molecular weight is 392 g/mol. The van der Waals surface area contributed by atoms with Gasteiger partial charge in [-0.3, -0.25) is 0 Å². The lowest BCUT2D eigenvalue weighted by atomic mass is 10.0. The molecule has 0 amide bonds. The summed E-state index contributed by atoms with van der Waals surface area (Å²) in [4.78, 5) is 11.8. The first kappa shape index (κ1) is 17.0. The first-order chi connectivity index (χ1) is 14.7. The summed E-state index contributed by atoms with van der Waals surface area (Å²) in [5.74, 6) is 1.21. The van der Waals surface area contributed by atoms with Gasteiger partial charge in [-0.25, -0.2) is 0 Å². The van der Waals surface area contributed by atoms with E-state index in [-0.39, 0.29) is 0 Å². The van der Waals surface area contributed by atoms with Crippen molar-refractivity contribution in [2.24, 2.45) is 0 Å². The molecule has 3 aromatic carbocycles. The minimum Gasteiger partial charge on any atom is -0.354 e. The molecule has 2 N–H and O–H groups in total. The molecule has 0 saturated heterocycles. The van der Waals surface area contributed by atoms with E-state index >= 15 is 0 Å². The summed E-state index contributed by atoms with van der Waals surface area (Å²) < 4.78 is 5.62. The maximum atomic E-state index is 5.62. The van der Waals surface area contributed by atoms with Gasteiger partial charge in [-0.1, -0.05) is 53.7 Å². The number of nitrogens with one attached hydrogen (secondary N) is 2. The van der Waals surface area contributed by atoms with Gasteiger partial charge in [-0.15, -0.1) is 0 Å². The van der Waals surface area contributed by atoms with Crippen LogP contribution in [0.3, 0.4) is 0 Å². The van der Waals surface area contributed by atoms with Crippen molar-refractivity contribution in [2.45, 2.75) is 20.3 Å². The molecule has 3 aromatic heterocycles. The Balaban J connectivity index is 1.49. The molecule has 0 radical (unpaired) electrons. The quantitative estimate of drug-likeness (QED) is 0.384. The fourth-order valence-electron chi connectivity index (χ4n) is 4.51. The summed E-state index contributed by atoms with van der Waals surface area (Å²) in [7, 11) is 0. The van der Waals surface area contributed by atoms with Gasteiger partial charge in [0.2, 0.25) is 0 Å². The van der Waals surface area contributed by atoms with E-state index in [4.69, 9.17) is 4.52 Å². The number of hydrogen-bond donors (Lipinski definition) is 2. The van der Waals surface area contributed by atoms with Gasteiger partial charge in [0.05, 0.1) is 5.52 Å². The maximum Gasteiger partial charge on any atom is 0.274 e. The third-order valence-electron chi connectivity index (χ3n) is 5.95. The first-order valence-electron chi connectivity index (χ1n) is 10.1. The van der Waals surface area contributed by atoms with Crippen molar-refractivity contribution in [1.29, 1.82) is 0 Å². The molecule has 5 nitrogen and oxygen atoms in total. The van der Waals surface area contributed by atoms with Crippen molar-refractivity contribution < 1.29 is 4.52 Å². The van der Waals surface area contributed by atoms with Crippen LogP contribution in [0.4, 0.5) is 0 Å². The molecule has 5 heteroatoms. The largest absolute Gasteiger partial charge is 0.354 e. The molecular formula is C25H20N4O. The molecule has 0 aliphatic carbocycles. The van der Waals surface area contributed by atoms with Gasteiger partial charge in [0.25, 0.3) is 5.89 Å². The van der Waals surface area contributed by atoms with Crippen LogP contribution in [0.2, 0.25) is 0 Å². The summed E-state index contributed by atoms with van der Waals surface area (Å²) in [6.07, 6.45) is 0.650. The van der Waals surface area contributed by atoms with Gasteiger partial charge in [0.15, 0.2) is 5.82 Å². The fraction of sp³-hybridized carbons (Fsp3) is 0.120. The Morgan fingerprint density at radius 2 is 1.63 bits per heavy atom. The van der Waals surface area contributed by atoms with Gasteiger partial charge >= 0.3 is 0 Å². The van der Waals surface area contributed by atoms with E-state index in [2.05, 4.69) is 76.4 Å². The van der Waals surface area contributed by atoms with Crippen molar-refractivity contribution in [1.82, 2.24) is 20.1 Å². The Labute approximate surface area is 172 Å². The molecule has 6 rings (SSSR count). The fourth-order valence-corrected chi connectivity index (χ4v) is 4.51. The van der Waals surface area contributed by atoms with E-state index in [1.54, 1.807) is 0 Å². The Morgan fingerprint density at radius 1 is 0.833 bits per heavy atom. The maximum absolute atomic E-state index is 5.62. The van der Waals surface area contributed by atoms with Gasteiger partial charge in [-0.2, -0.15) is 4.98 Å². The number of aryl methyl sites for hydroxylation is 2. The van der Waals surface area contributed by atoms with E-state index < -0.39 is 0 Å². The molecular weight excluding hydrogens is 372 g/mol. The Morgan fingerprint density at radius 3 is 2.50 bits per heavy atom. The molecule has 30 heavy (non-hydrogen) atoms. The van der Waals surface area contributed by atoms with Crippen LogP contribution in [-0.4, -0.2) is 20.1 Å².